The first kappa shape index (κ1) is 23.4. The summed E-state index contributed by atoms with van der Waals surface area (Å²) in [7, 11) is 0. The number of allylic oxidation sites excluding steroid dienone is 2. The lowest BCUT2D eigenvalue weighted by atomic mass is 9.96. The van der Waals surface area contributed by atoms with Crippen LogP contribution in [0.1, 0.15) is 18.3 Å². The van der Waals surface area contributed by atoms with Crippen molar-refractivity contribution in [1.29, 1.82) is 0 Å². The molecule has 0 N–H and O–H groups in total. The maximum absolute atomic E-state index is 5.02. The van der Waals surface area contributed by atoms with Crippen molar-refractivity contribution in [1.82, 2.24) is 14.5 Å². The molecule has 0 radical (unpaired) electrons. The van der Waals surface area contributed by atoms with E-state index in [2.05, 4.69) is 119 Å². The highest BCUT2D eigenvalue weighted by atomic mass is 32.2. The summed E-state index contributed by atoms with van der Waals surface area (Å²) in [4.78, 5) is 16.1. The maximum atomic E-state index is 5.02. The summed E-state index contributed by atoms with van der Waals surface area (Å²) in [6, 6.07) is 33.8. The summed E-state index contributed by atoms with van der Waals surface area (Å²) in [5.74, 6) is 0.912. The van der Waals surface area contributed by atoms with Crippen LogP contribution in [0, 0.1) is 0 Å². The molecule has 0 unspecified atom stereocenters. The molecular weight excluding hydrogens is 496 g/mol. The number of imidazole rings is 1. The Balaban J connectivity index is 1.38. The SMILES string of the molecule is C=N/C(=C\C1=C(C)c2nc3ccccc3n2-c2cnccc2S1)c1cccc(-c2cccc3ccccc23)c1. The lowest BCUT2D eigenvalue weighted by Crippen LogP contribution is -2.00. The molecule has 0 amide bonds. The van der Waals surface area contributed by atoms with Gasteiger partial charge in [-0.3, -0.25) is 14.5 Å². The summed E-state index contributed by atoms with van der Waals surface area (Å²) < 4.78 is 2.21. The number of nitrogens with zero attached hydrogens (tertiary/aromatic N) is 4. The Hall–Kier alpha value is -4.74. The molecule has 1 aliphatic heterocycles. The Bertz CT molecular complexity index is 1970. The molecule has 0 saturated carbocycles. The van der Waals surface area contributed by atoms with E-state index in [-0.39, 0.29) is 0 Å². The topological polar surface area (TPSA) is 43.1 Å². The third-order valence-electron chi connectivity index (χ3n) is 7.19. The van der Waals surface area contributed by atoms with Gasteiger partial charge in [-0.15, -0.1) is 0 Å². The summed E-state index contributed by atoms with van der Waals surface area (Å²) in [5, 5.41) is 2.46. The molecule has 0 bridgehead atoms. The molecule has 1 aliphatic rings. The van der Waals surface area contributed by atoms with Gasteiger partial charge in [0, 0.05) is 27.1 Å². The minimum absolute atomic E-state index is 0.819. The van der Waals surface area contributed by atoms with Gasteiger partial charge in [0.05, 0.1) is 28.6 Å². The fourth-order valence-corrected chi connectivity index (χ4v) is 6.29. The largest absolute Gasteiger partial charge is 0.290 e. The fourth-order valence-electron chi connectivity index (χ4n) is 5.26. The summed E-state index contributed by atoms with van der Waals surface area (Å²) in [6.07, 6.45) is 5.89. The molecule has 0 fully saturated rings. The zero-order valence-electron chi connectivity index (χ0n) is 21.4. The quantitative estimate of drug-likeness (QED) is 0.218. The standard InChI is InChI=1S/C34H24N4S/c1-22-33(39-32-17-18-36-21-31(32)38-30-16-6-5-15-28(30)37-34(22)38)20-29(35-2)25-12-7-11-24(19-25)27-14-8-10-23-9-3-4-13-26(23)27/h3-21H,2H2,1H3/b29-20-. The average molecular weight is 521 g/mol. The van der Waals surface area contributed by atoms with Crippen LogP contribution in [0.4, 0.5) is 0 Å². The number of fused-ring (bicyclic) bond motifs is 6. The smallest absolute Gasteiger partial charge is 0.142 e. The molecule has 7 rings (SSSR count). The van der Waals surface area contributed by atoms with Crippen molar-refractivity contribution in [2.24, 2.45) is 4.99 Å². The number of rotatable bonds is 4. The van der Waals surface area contributed by atoms with Gasteiger partial charge in [0.1, 0.15) is 5.82 Å². The van der Waals surface area contributed by atoms with Crippen LogP contribution in [0.3, 0.4) is 0 Å². The van der Waals surface area contributed by atoms with Crippen LogP contribution in [0.25, 0.3) is 49.9 Å². The predicted octanol–water partition coefficient (Wildman–Crippen LogP) is 8.82. The number of benzene rings is 4. The molecule has 4 nitrogen and oxygen atoms in total. The van der Waals surface area contributed by atoms with Crippen LogP contribution in [-0.2, 0) is 0 Å². The summed E-state index contributed by atoms with van der Waals surface area (Å²) in [5.41, 5.74) is 8.32. The zero-order chi connectivity index (χ0) is 26.3. The highest BCUT2D eigenvalue weighted by Gasteiger charge is 2.23. The number of thioether (sulfide) groups is 1. The highest BCUT2D eigenvalue weighted by molar-refractivity contribution is 8.03. The van der Waals surface area contributed by atoms with E-state index in [0.29, 0.717) is 0 Å². The minimum Gasteiger partial charge on any atom is -0.290 e. The minimum atomic E-state index is 0.819. The number of para-hydroxylation sites is 2. The van der Waals surface area contributed by atoms with E-state index < -0.39 is 0 Å². The van der Waals surface area contributed by atoms with Crippen LogP contribution in [0.2, 0.25) is 0 Å². The van der Waals surface area contributed by atoms with Gasteiger partial charge in [-0.05, 0) is 65.9 Å². The van der Waals surface area contributed by atoms with Crippen LogP contribution >= 0.6 is 11.8 Å². The number of hydrogen-bond acceptors (Lipinski definition) is 4. The van der Waals surface area contributed by atoms with Crippen molar-refractivity contribution in [3.05, 3.63) is 132 Å². The summed E-state index contributed by atoms with van der Waals surface area (Å²) in [6.45, 7) is 6.07. The van der Waals surface area contributed by atoms with Gasteiger partial charge in [0.2, 0.25) is 0 Å². The molecule has 39 heavy (non-hydrogen) atoms. The van der Waals surface area contributed by atoms with Crippen LogP contribution in [0.5, 0.6) is 0 Å². The van der Waals surface area contributed by atoms with Crippen LogP contribution in [0.15, 0.2) is 130 Å². The molecular formula is C34H24N4S. The summed E-state index contributed by atoms with van der Waals surface area (Å²) >= 11 is 1.71. The molecule has 4 aromatic carbocycles. The molecule has 6 aromatic rings. The monoisotopic (exact) mass is 520 g/mol. The molecule has 0 saturated heterocycles. The average Bonchev–Trinajstić information content (AvgIpc) is 3.33. The number of aliphatic imine (C=N–C) groups is 1. The molecule has 2 aromatic heterocycles. The third-order valence-corrected chi connectivity index (χ3v) is 8.39. The van der Waals surface area contributed by atoms with Gasteiger partial charge >= 0.3 is 0 Å². The number of aromatic nitrogens is 3. The van der Waals surface area contributed by atoms with E-state index in [9.17, 15) is 0 Å². The first-order chi connectivity index (χ1) is 19.2. The Labute approximate surface area is 231 Å². The Morgan fingerprint density at radius 2 is 1.74 bits per heavy atom. The van der Waals surface area contributed by atoms with Gasteiger partial charge in [-0.1, -0.05) is 84.6 Å². The van der Waals surface area contributed by atoms with E-state index in [1.165, 1.54) is 16.3 Å². The van der Waals surface area contributed by atoms with Crippen LogP contribution in [-0.4, -0.2) is 21.3 Å². The lowest BCUT2D eigenvalue weighted by Gasteiger charge is -2.11. The lowest BCUT2D eigenvalue weighted by molar-refractivity contribution is 1.01. The second kappa shape index (κ2) is 9.53. The first-order valence-corrected chi connectivity index (χ1v) is 13.6. The first-order valence-electron chi connectivity index (χ1n) is 12.8. The van der Waals surface area contributed by atoms with Crippen molar-refractivity contribution < 1.29 is 0 Å². The van der Waals surface area contributed by atoms with Crippen molar-refractivity contribution in [2.75, 3.05) is 0 Å². The number of pyridine rings is 1. The molecule has 0 spiro atoms. The van der Waals surface area contributed by atoms with Crippen LogP contribution < -0.4 is 0 Å². The van der Waals surface area contributed by atoms with Gasteiger partial charge in [0.15, 0.2) is 0 Å². The van der Waals surface area contributed by atoms with E-state index in [4.69, 9.17) is 4.98 Å². The second-order valence-electron chi connectivity index (χ2n) is 9.49. The maximum Gasteiger partial charge on any atom is 0.142 e. The van der Waals surface area contributed by atoms with E-state index in [0.717, 1.165) is 54.7 Å². The highest BCUT2D eigenvalue weighted by Crippen LogP contribution is 2.43. The third kappa shape index (κ3) is 3.99. The molecule has 5 heteroatoms. The Morgan fingerprint density at radius 3 is 2.67 bits per heavy atom. The zero-order valence-corrected chi connectivity index (χ0v) is 22.2. The Morgan fingerprint density at radius 1 is 0.923 bits per heavy atom. The van der Waals surface area contributed by atoms with Crippen molar-refractivity contribution in [3.63, 3.8) is 0 Å². The van der Waals surface area contributed by atoms with Gasteiger partial charge in [-0.2, -0.15) is 0 Å². The fraction of sp³-hybridized carbons (Fsp3) is 0.0294. The van der Waals surface area contributed by atoms with E-state index in [1.807, 2.05) is 24.5 Å². The van der Waals surface area contributed by atoms with E-state index >= 15 is 0 Å². The molecule has 0 aliphatic carbocycles. The van der Waals surface area contributed by atoms with Gasteiger partial charge < -0.3 is 0 Å². The molecule has 0 atom stereocenters. The van der Waals surface area contributed by atoms with Gasteiger partial charge in [-0.25, -0.2) is 4.98 Å². The molecule has 186 valence electrons. The molecule has 3 heterocycles. The normalized spacial score (nSPS) is 13.3. The van der Waals surface area contributed by atoms with Crippen molar-refractivity contribution in [3.8, 4) is 16.8 Å². The van der Waals surface area contributed by atoms with E-state index in [1.54, 1.807) is 11.8 Å². The second-order valence-corrected chi connectivity index (χ2v) is 10.6. The van der Waals surface area contributed by atoms with Crippen molar-refractivity contribution in [2.45, 2.75) is 11.8 Å². The van der Waals surface area contributed by atoms with Gasteiger partial charge in [0.25, 0.3) is 0 Å². The Kier molecular flexibility index (Phi) is 5.71. The van der Waals surface area contributed by atoms with Crippen molar-refractivity contribution >= 4 is 51.6 Å². The number of hydrogen-bond donors (Lipinski definition) is 0. The predicted molar refractivity (Wildman–Crippen MR) is 164 cm³/mol.